The molecule has 0 aliphatic carbocycles. The Labute approximate surface area is 92.9 Å². The number of hydrogen-bond acceptors (Lipinski definition) is 1. The van der Waals surface area contributed by atoms with Crippen molar-refractivity contribution in [3.05, 3.63) is 58.4 Å². The van der Waals surface area contributed by atoms with E-state index in [-0.39, 0.29) is 5.78 Å². The summed E-state index contributed by atoms with van der Waals surface area (Å²) in [7, 11) is 0. The van der Waals surface area contributed by atoms with E-state index in [4.69, 9.17) is 11.6 Å². The third-order valence-corrected chi connectivity index (χ3v) is 2.52. The zero-order valence-electron chi connectivity index (χ0n) is 8.25. The van der Waals surface area contributed by atoms with Crippen LogP contribution in [0.1, 0.15) is 21.6 Å². The van der Waals surface area contributed by atoms with Gasteiger partial charge < -0.3 is 4.98 Å². The summed E-state index contributed by atoms with van der Waals surface area (Å²) in [6.07, 6.45) is 1.73. The fraction of sp³-hybridized carbons (Fsp3) is 0.0833. The smallest absolute Gasteiger partial charge is 0.209 e. The topological polar surface area (TPSA) is 32.9 Å². The predicted octanol–water partition coefficient (Wildman–Crippen LogP) is 3.21. The number of aryl methyl sites for hydroxylation is 1. The minimum absolute atomic E-state index is 0.0278. The monoisotopic (exact) mass is 219 g/mol. The number of benzene rings is 1. The van der Waals surface area contributed by atoms with Crippen molar-refractivity contribution >= 4 is 17.4 Å². The number of hydrogen-bond donors (Lipinski definition) is 1. The molecule has 0 saturated heterocycles. The fourth-order valence-corrected chi connectivity index (χ4v) is 1.63. The van der Waals surface area contributed by atoms with Crippen LogP contribution in [0.5, 0.6) is 0 Å². The highest BCUT2D eigenvalue weighted by Crippen LogP contribution is 2.18. The molecule has 3 heteroatoms. The van der Waals surface area contributed by atoms with Crippen molar-refractivity contribution in [1.82, 2.24) is 4.98 Å². The van der Waals surface area contributed by atoms with Gasteiger partial charge >= 0.3 is 0 Å². The molecule has 0 atom stereocenters. The van der Waals surface area contributed by atoms with E-state index in [1.165, 1.54) is 0 Å². The van der Waals surface area contributed by atoms with Gasteiger partial charge in [-0.2, -0.15) is 0 Å². The van der Waals surface area contributed by atoms with Crippen LogP contribution in [0.2, 0.25) is 5.02 Å². The van der Waals surface area contributed by atoms with Crippen LogP contribution in [0.3, 0.4) is 0 Å². The number of halogens is 1. The summed E-state index contributed by atoms with van der Waals surface area (Å²) in [4.78, 5) is 14.9. The quantitative estimate of drug-likeness (QED) is 0.773. The summed E-state index contributed by atoms with van der Waals surface area (Å²) < 4.78 is 0. The SMILES string of the molecule is Cc1ccc(Cl)cc1C(=O)c1ccc[nH]1. The second-order valence-corrected chi connectivity index (χ2v) is 3.81. The van der Waals surface area contributed by atoms with Gasteiger partial charge in [0.05, 0.1) is 5.69 Å². The average Bonchev–Trinajstić information content (AvgIpc) is 2.74. The molecular formula is C12H10ClNO. The van der Waals surface area contributed by atoms with E-state index in [9.17, 15) is 4.79 Å². The zero-order chi connectivity index (χ0) is 10.8. The number of carbonyl (C=O) groups excluding carboxylic acids is 1. The second-order valence-electron chi connectivity index (χ2n) is 3.37. The number of aromatic amines is 1. The van der Waals surface area contributed by atoms with Gasteiger partial charge in [0.1, 0.15) is 0 Å². The highest BCUT2D eigenvalue weighted by atomic mass is 35.5. The number of H-pyrrole nitrogens is 1. The molecule has 0 spiro atoms. The minimum Gasteiger partial charge on any atom is -0.359 e. The molecule has 76 valence electrons. The second kappa shape index (κ2) is 3.91. The molecule has 1 aromatic carbocycles. The van der Waals surface area contributed by atoms with Crippen molar-refractivity contribution in [3.8, 4) is 0 Å². The Balaban J connectivity index is 2.46. The number of nitrogens with one attached hydrogen (secondary N) is 1. The largest absolute Gasteiger partial charge is 0.359 e. The maximum absolute atomic E-state index is 12.0. The van der Waals surface area contributed by atoms with E-state index in [2.05, 4.69) is 4.98 Å². The molecule has 2 aromatic rings. The van der Waals surface area contributed by atoms with Crippen molar-refractivity contribution in [2.75, 3.05) is 0 Å². The summed E-state index contributed by atoms with van der Waals surface area (Å²) in [6.45, 7) is 1.90. The molecular weight excluding hydrogens is 210 g/mol. The molecule has 0 aliphatic heterocycles. The summed E-state index contributed by atoms with van der Waals surface area (Å²) in [5.74, 6) is -0.0278. The average molecular weight is 220 g/mol. The van der Waals surface area contributed by atoms with Crippen LogP contribution < -0.4 is 0 Å². The van der Waals surface area contributed by atoms with Crippen molar-refractivity contribution in [2.45, 2.75) is 6.92 Å². The third-order valence-electron chi connectivity index (χ3n) is 2.29. The first-order valence-corrected chi connectivity index (χ1v) is 5.00. The summed E-state index contributed by atoms with van der Waals surface area (Å²) in [5.41, 5.74) is 2.16. The first-order chi connectivity index (χ1) is 7.18. The maximum atomic E-state index is 12.0. The van der Waals surface area contributed by atoms with Crippen LogP contribution in [-0.4, -0.2) is 10.8 Å². The maximum Gasteiger partial charge on any atom is 0.209 e. The molecule has 0 aliphatic rings. The molecule has 0 unspecified atom stereocenters. The fourth-order valence-electron chi connectivity index (χ4n) is 1.46. The Bertz CT molecular complexity index is 488. The Morgan fingerprint density at radius 1 is 1.33 bits per heavy atom. The molecule has 1 aromatic heterocycles. The lowest BCUT2D eigenvalue weighted by atomic mass is 10.0. The van der Waals surface area contributed by atoms with Crippen molar-refractivity contribution in [1.29, 1.82) is 0 Å². The molecule has 2 rings (SSSR count). The molecule has 0 fully saturated rings. The van der Waals surface area contributed by atoms with E-state index < -0.39 is 0 Å². The van der Waals surface area contributed by atoms with Gasteiger partial charge in [-0.1, -0.05) is 17.7 Å². The normalized spacial score (nSPS) is 10.3. The summed E-state index contributed by atoms with van der Waals surface area (Å²) in [6, 6.07) is 8.87. The van der Waals surface area contributed by atoms with E-state index >= 15 is 0 Å². The van der Waals surface area contributed by atoms with Gasteiger partial charge in [0.25, 0.3) is 0 Å². The van der Waals surface area contributed by atoms with Gasteiger partial charge in [-0.3, -0.25) is 4.79 Å². The van der Waals surface area contributed by atoms with Crippen LogP contribution in [-0.2, 0) is 0 Å². The van der Waals surface area contributed by atoms with Crippen LogP contribution >= 0.6 is 11.6 Å². The van der Waals surface area contributed by atoms with Crippen LogP contribution in [0.15, 0.2) is 36.5 Å². The van der Waals surface area contributed by atoms with Gasteiger partial charge in [-0.05, 0) is 36.8 Å². The molecule has 15 heavy (non-hydrogen) atoms. The Morgan fingerprint density at radius 2 is 2.13 bits per heavy atom. The lowest BCUT2D eigenvalue weighted by Gasteiger charge is -2.03. The van der Waals surface area contributed by atoms with Gasteiger partial charge in [0.2, 0.25) is 5.78 Å². The lowest BCUT2D eigenvalue weighted by Crippen LogP contribution is -2.03. The predicted molar refractivity (Wildman–Crippen MR) is 60.4 cm³/mol. The standard InChI is InChI=1S/C12H10ClNO/c1-8-4-5-9(13)7-10(8)12(15)11-3-2-6-14-11/h2-7,14H,1H3. The van der Waals surface area contributed by atoms with Gasteiger partial charge in [0.15, 0.2) is 0 Å². The highest BCUT2D eigenvalue weighted by molar-refractivity contribution is 6.31. The van der Waals surface area contributed by atoms with Gasteiger partial charge in [-0.15, -0.1) is 0 Å². The van der Waals surface area contributed by atoms with Gasteiger partial charge in [-0.25, -0.2) is 0 Å². The minimum atomic E-state index is -0.0278. The van der Waals surface area contributed by atoms with Crippen LogP contribution in [0, 0.1) is 6.92 Å². The number of ketones is 1. The van der Waals surface area contributed by atoms with Crippen molar-refractivity contribution in [3.63, 3.8) is 0 Å². The van der Waals surface area contributed by atoms with E-state index in [0.717, 1.165) is 5.56 Å². The number of aromatic nitrogens is 1. The van der Waals surface area contributed by atoms with Gasteiger partial charge in [0, 0.05) is 16.8 Å². The molecule has 0 bridgehead atoms. The van der Waals surface area contributed by atoms with Crippen LogP contribution in [0.25, 0.3) is 0 Å². The molecule has 0 saturated carbocycles. The number of carbonyl (C=O) groups is 1. The Kier molecular flexibility index (Phi) is 2.60. The third kappa shape index (κ3) is 1.95. The Morgan fingerprint density at radius 3 is 2.80 bits per heavy atom. The van der Waals surface area contributed by atoms with Crippen LogP contribution in [0.4, 0.5) is 0 Å². The van der Waals surface area contributed by atoms with Crippen molar-refractivity contribution in [2.24, 2.45) is 0 Å². The molecule has 0 amide bonds. The van der Waals surface area contributed by atoms with E-state index in [0.29, 0.717) is 16.3 Å². The first kappa shape index (κ1) is 9.99. The highest BCUT2D eigenvalue weighted by Gasteiger charge is 2.12. The van der Waals surface area contributed by atoms with Crippen molar-refractivity contribution < 1.29 is 4.79 Å². The molecule has 1 heterocycles. The molecule has 0 radical (unpaired) electrons. The van der Waals surface area contributed by atoms with E-state index in [1.807, 2.05) is 13.0 Å². The first-order valence-electron chi connectivity index (χ1n) is 4.63. The molecule has 1 N–H and O–H groups in total. The Hall–Kier alpha value is -1.54. The summed E-state index contributed by atoms with van der Waals surface area (Å²) >= 11 is 5.86. The van der Waals surface area contributed by atoms with E-state index in [1.54, 1.807) is 30.5 Å². The molecule has 2 nitrogen and oxygen atoms in total. The number of rotatable bonds is 2. The summed E-state index contributed by atoms with van der Waals surface area (Å²) in [5, 5.41) is 0.579. The lowest BCUT2D eigenvalue weighted by molar-refractivity contribution is 0.103. The zero-order valence-corrected chi connectivity index (χ0v) is 9.01.